The molecule has 4 aromatic carbocycles. The van der Waals surface area contributed by atoms with Gasteiger partial charge in [0.1, 0.15) is 22.4 Å². The number of amides is 4. The Kier molecular flexibility index (Phi) is 13.8. The zero-order valence-electron chi connectivity index (χ0n) is 40.8. The molecule has 0 atom stereocenters. The first-order valence-corrected chi connectivity index (χ1v) is 21.2. The summed E-state index contributed by atoms with van der Waals surface area (Å²) in [5.41, 5.74) is 20.3. The van der Waals surface area contributed by atoms with Gasteiger partial charge in [-0.1, -0.05) is 0 Å². The van der Waals surface area contributed by atoms with Gasteiger partial charge in [-0.05, 0) is 144 Å². The summed E-state index contributed by atoms with van der Waals surface area (Å²) < 4.78 is 34.0. The minimum absolute atomic E-state index is 0.135. The maximum Gasteiger partial charge on any atom is 0.419 e. The third-order valence-electron chi connectivity index (χ3n) is 9.30. The Morgan fingerprint density at radius 2 is 0.559 bits per heavy atom. The highest BCUT2D eigenvalue weighted by molar-refractivity contribution is 6.11. The van der Waals surface area contributed by atoms with E-state index in [1.165, 1.54) is 60.7 Å². The van der Waals surface area contributed by atoms with Gasteiger partial charge in [-0.2, -0.15) is 0 Å². The van der Waals surface area contributed by atoms with Gasteiger partial charge in [0.25, 0.3) is 0 Å². The van der Waals surface area contributed by atoms with Crippen LogP contribution in [0.25, 0.3) is 0 Å². The van der Waals surface area contributed by atoms with Crippen LogP contribution in [0.1, 0.15) is 104 Å². The van der Waals surface area contributed by atoms with Crippen LogP contribution in [0.3, 0.4) is 0 Å². The van der Waals surface area contributed by atoms with Crippen LogP contribution < -0.4 is 42.5 Å². The number of hydrogen-bond donors (Lipinski definition) is 4. The zero-order valence-corrected chi connectivity index (χ0v) is 40.8. The number of carbonyl (C=O) groups excluding carboxylic acids is 6. The molecule has 1 aliphatic heterocycles. The van der Waals surface area contributed by atoms with Crippen LogP contribution in [0.2, 0.25) is 0 Å². The first kappa shape index (κ1) is 51.1. The highest BCUT2D eigenvalue weighted by Gasteiger charge is 2.37. The van der Waals surface area contributed by atoms with Gasteiger partial charge < -0.3 is 51.4 Å². The molecule has 8 N–H and O–H groups in total. The number of nitrogens with zero attached hydrogens (tertiary/aromatic N) is 4. The van der Waals surface area contributed by atoms with Gasteiger partial charge in [0, 0.05) is 0 Å². The molecule has 0 saturated heterocycles. The Hall–Kier alpha value is -7.90. The summed E-state index contributed by atoms with van der Waals surface area (Å²) in [6, 6.07) is 12.9. The second-order valence-electron chi connectivity index (χ2n) is 19.7. The molecule has 0 saturated carbocycles. The lowest BCUT2D eigenvalue weighted by Gasteiger charge is -2.34. The highest BCUT2D eigenvalue weighted by atomic mass is 16.6. The van der Waals surface area contributed by atoms with Crippen molar-refractivity contribution in [3.63, 3.8) is 0 Å². The second kappa shape index (κ2) is 18.4. The largest absolute Gasteiger partial charge is 0.465 e. The molecular weight excluding hydrogens is 881 g/mol. The molecule has 1 heterocycles. The number of fused-ring (bicyclic) bond motifs is 8. The van der Waals surface area contributed by atoms with E-state index >= 15 is 0 Å². The van der Waals surface area contributed by atoms with Crippen LogP contribution in [-0.2, 0) is 28.4 Å². The van der Waals surface area contributed by atoms with Crippen molar-refractivity contribution in [3.05, 3.63) is 71.8 Å². The van der Waals surface area contributed by atoms with Crippen LogP contribution in [0, 0.1) is 0 Å². The number of nitrogens with two attached hydrogens (primary N) is 4. The zero-order chi connectivity index (χ0) is 51.2. The number of hydrogen-bond acceptors (Lipinski definition) is 16. The summed E-state index contributed by atoms with van der Waals surface area (Å²) in [7, 11) is 2.27. The summed E-state index contributed by atoms with van der Waals surface area (Å²) >= 11 is 0. The van der Waals surface area contributed by atoms with Gasteiger partial charge in [-0.3, -0.25) is 0 Å². The fraction of sp³-hybridized carbons (Fsp3) is 0.375. The summed E-state index contributed by atoms with van der Waals surface area (Å²) in [5, 5.41) is 0. The van der Waals surface area contributed by atoms with Crippen molar-refractivity contribution < 1.29 is 57.2 Å². The van der Waals surface area contributed by atoms with E-state index in [1.807, 2.05) is 0 Å². The molecule has 0 aliphatic carbocycles. The molecular formula is C48H60N8O12. The fourth-order valence-corrected chi connectivity index (χ4v) is 6.78. The van der Waals surface area contributed by atoms with E-state index in [1.54, 1.807) is 83.1 Å². The summed E-state index contributed by atoms with van der Waals surface area (Å²) in [4.78, 5) is 90.3. The lowest BCUT2D eigenvalue weighted by Crippen LogP contribution is -2.37. The molecule has 20 heteroatoms. The van der Waals surface area contributed by atoms with Crippen LogP contribution >= 0.6 is 0 Å². The van der Waals surface area contributed by atoms with E-state index in [9.17, 15) is 28.8 Å². The van der Waals surface area contributed by atoms with E-state index in [-0.39, 0.29) is 79.4 Å². The SMILES string of the molecule is COC(=O)c1cc2cc(c1)N(C(=O)OC(C)(C)C)c1cc(c(N)cc1N)N(C(=O)OC(C)(C)C)c1cc(C(=O)OC)cc(c1)N(C(=O)OC(C)(C)C)c1cc(c(N)cc1N)N2C(=O)OC(C)(C)C. The van der Waals surface area contributed by atoms with Gasteiger partial charge in [0.2, 0.25) is 0 Å². The Morgan fingerprint density at radius 3 is 0.735 bits per heavy atom. The van der Waals surface area contributed by atoms with Gasteiger partial charge in [0.05, 0.1) is 93.6 Å². The van der Waals surface area contributed by atoms with Crippen molar-refractivity contribution in [1.29, 1.82) is 0 Å². The number of carbonyl (C=O) groups is 6. The highest BCUT2D eigenvalue weighted by Crippen LogP contribution is 2.47. The molecule has 20 nitrogen and oxygen atoms in total. The maximum atomic E-state index is 14.7. The molecule has 0 radical (unpaired) electrons. The van der Waals surface area contributed by atoms with Crippen LogP contribution in [0.15, 0.2) is 60.7 Å². The molecule has 5 rings (SSSR count). The number of anilines is 12. The monoisotopic (exact) mass is 940 g/mol. The molecule has 1 aliphatic rings. The average molecular weight is 941 g/mol. The fourth-order valence-electron chi connectivity index (χ4n) is 6.78. The summed E-state index contributed by atoms with van der Waals surface area (Å²) in [5.74, 6) is -1.81. The third-order valence-corrected chi connectivity index (χ3v) is 9.30. The summed E-state index contributed by atoms with van der Waals surface area (Å²) in [6.07, 6.45) is -4.17. The molecule has 364 valence electrons. The predicted molar refractivity (Wildman–Crippen MR) is 260 cm³/mol. The van der Waals surface area contributed by atoms with Crippen molar-refractivity contribution in [2.75, 3.05) is 56.8 Å². The van der Waals surface area contributed by atoms with Crippen molar-refractivity contribution >= 4 is 105 Å². The number of methoxy groups -OCH3 is 2. The smallest absolute Gasteiger partial charge is 0.419 e. The molecule has 0 aromatic heterocycles. The number of rotatable bonds is 2. The van der Waals surface area contributed by atoms with Crippen molar-refractivity contribution in [1.82, 2.24) is 0 Å². The number of esters is 2. The first-order valence-electron chi connectivity index (χ1n) is 21.2. The molecule has 0 spiro atoms. The minimum Gasteiger partial charge on any atom is -0.465 e. The van der Waals surface area contributed by atoms with Crippen molar-refractivity contribution in [2.45, 2.75) is 105 Å². The molecule has 8 bridgehead atoms. The van der Waals surface area contributed by atoms with E-state index in [0.29, 0.717) is 0 Å². The number of ether oxygens (including phenoxy) is 6. The average Bonchev–Trinajstić information content (AvgIpc) is 3.17. The lowest BCUT2D eigenvalue weighted by atomic mass is 10.1. The molecule has 0 unspecified atom stereocenters. The van der Waals surface area contributed by atoms with Gasteiger partial charge in [-0.25, -0.2) is 48.4 Å². The molecule has 4 amide bonds. The quantitative estimate of drug-likeness (QED) is 0.0826. The van der Waals surface area contributed by atoms with E-state index in [0.717, 1.165) is 33.8 Å². The predicted octanol–water partition coefficient (Wildman–Crippen LogP) is 10.2. The summed E-state index contributed by atoms with van der Waals surface area (Å²) in [6.45, 7) is 19.5. The van der Waals surface area contributed by atoms with Crippen LogP contribution in [0.5, 0.6) is 0 Å². The van der Waals surface area contributed by atoms with Crippen LogP contribution in [-0.4, -0.2) is 72.9 Å². The van der Waals surface area contributed by atoms with Crippen molar-refractivity contribution in [2.24, 2.45) is 0 Å². The lowest BCUT2D eigenvalue weighted by molar-refractivity contribution is 0.0584. The molecule has 0 fully saturated rings. The molecule has 68 heavy (non-hydrogen) atoms. The van der Waals surface area contributed by atoms with Gasteiger partial charge in [0.15, 0.2) is 0 Å². The molecule has 4 aromatic rings. The third kappa shape index (κ3) is 11.5. The normalized spacial score (nSPS) is 13.0. The Labute approximate surface area is 394 Å². The van der Waals surface area contributed by atoms with Crippen LogP contribution in [0.4, 0.5) is 87.4 Å². The first-order chi connectivity index (χ1) is 31.2. The van der Waals surface area contributed by atoms with E-state index in [4.69, 9.17) is 51.4 Å². The van der Waals surface area contributed by atoms with Crippen molar-refractivity contribution in [3.8, 4) is 0 Å². The topological polar surface area (TPSA) is 275 Å². The number of benzene rings is 4. The Morgan fingerprint density at radius 1 is 0.353 bits per heavy atom. The number of nitrogen functional groups attached to an aromatic ring is 4. The Balaban J connectivity index is 2.14. The van der Waals surface area contributed by atoms with E-state index < -0.39 is 58.7 Å². The second-order valence-corrected chi connectivity index (χ2v) is 19.7. The van der Waals surface area contributed by atoms with E-state index in [2.05, 4.69) is 0 Å². The van der Waals surface area contributed by atoms with Gasteiger partial charge in [-0.15, -0.1) is 0 Å². The minimum atomic E-state index is -1.13. The maximum absolute atomic E-state index is 14.7. The van der Waals surface area contributed by atoms with Gasteiger partial charge >= 0.3 is 36.3 Å². The Bertz CT molecular complexity index is 2360. The standard InChI is InChI=1S/C48H60N8O12/c1-45(2,3)65-41(59)53-27-15-25(39(57)63-13)16-28(19-27)54(42(60)66-46(4,5)6)37-24-38(34(52)22-33(37)51)56(44(62)68-48(10,11)12)30-18-26(40(58)64-14)17-29(20-30)55(43(61)67-47(7,8)9)36-23-35(53)31(49)21-32(36)50/h15-24H,49-52H2,1-14H3.